The van der Waals surface area contributed by atoms with Gasteiger partial charge in [-0.25, -0.2) is 9.78 Å². The van der Waals surface area contributed by atoms with Gasteiger partial charge in [0.2, 0.25) is 0 Å². The number of aromatic amines is 1. The van der Waals surface area contributed by atoms with E-state index < -0.39 is 11.7 Å². The number of H-pyrrole nitrogens is 1. The van der Waals surface area contributed by atoms with Gasteiger partial charge in [-0.2, -0.15) is 18.4 Å². The second-order valence-corrected chi connectivity index (χ2v) is 8.65. The van der Waals surface area contributed by atoms with Gasteiger partial charge in [-0.05, 0) is 49.8 Å². The average Bonchev–Trinajstić information content (AvgIpc) is 2.88. The number of rotatable bonds is 5. The molecule has 0 bridgehead atoms. The van der Waals surface area contributed by atoms with Gasteiger partial charge < -0.3 is 4.98 Å². The fourth-order valence-electron chi connectivity index (χ4n) is 4.14. The van der Waals surface area contributed by atoms with Gasteiger partial charge in [0.15, 0.2) is 0 Å². The minimum atomic E-state index is -4.59. The Morgan fingerprint density at radius 2 is 1.97 bits per heavy atom. The Morgan fingerprint density at radius 3 is 2.74 bits per heavy atom. The van der Waals surface area contributed by atoms with Crippen molar-refractivity contribution in [3.8, 4) is 6.07 Å². The number of benzene rings is 1. The van der Waals surface area contributed by atoms with Gasteiger partial charge in [-0.1, -0.05) is 18.6 Å². The summed E-state index contributed by atoms with van der Waals surface area (Å²) in [5, 5.41) is 9.68. The number of imidazole rings is 1. The molecule has 3 aromatic rings. The molecule has 1 N–H and O–H groups in total. The molecule has 1 aromatic carbocycles. The van der Waals surface area contributed by atoms with Crippen LogP contribution in [-0.2, 0) is 25.6 Å². The molecule has 2 aromatic heterocycles. The Bertz CT molecular complexity index is 1210. The molecule has 1 aliphatic carbocycles. The van der Waals surface area contributed by atoms with Crippen molar-refractivity contribution < 1.29 is 13.2 Å². The highest BCUT2D eigenvalue weighted by Crippen LogP contribution is 2.40. The highest BCUT2D eigenvalue weighted by atomic mass is 32.2. The van der Waals surface area contributed by atoms with Gasteiger partial charge in [0.1, 0.15) is 11.1 Å². The third-order valence-corrected chi connectivity index (χ3v) is 6.59. The summed E-state index contributed by atoms with van der Waals surface area (Å²) in [6, 6.07) is 9.11. The van der Waals surface area contributed by atoms with Crippen LogP contribution in [0.2, 0.25) is 0 Å². The van der Waals surface area contributed by atoms with Gasteiger partial charge in [0, 0.05) is 18.0 Å². The van der Waals surface area contributed by atoms with Crippen LogP contribution >= 0.6 is 11.8 Å². The Balaban J connectivity index is 1.57. The summed E-state index contributed by atoms with van der Waals surface area (Å²) in [4.78, 5) is 19.4. The standard InChI is InChI=1S/C22H21F3N4OS/c23-22(24,25)19-14-7-2-1-3-8-16(14)27-20(15(19)13-26)31-12-6-11-29-18-10-5-4-9-17(18)28-21(29)30/h4-5,9-10H,1-3,6-8,11-12H2,(H,28,30). The Morgan fingerprint density at radius 1 is 1.19 bits per heavy atom. The van der Waals surface area contributed by atoms with Crippen molar-refractivity contribution in [2.24, 2.45) is 0 Å². The summed E-state index contributed by atoms with van der Waals surface area (Å²) in [5.74, 6) is 0.448. The maximum atomic E-state index is 13.9. The molecule has 0 aliphatic heterocycles. The number of hydrogen-bond donors (Lipinski definition) is 1. The number of pyridine rings is 1. The summed E-state index contributed by atoms with van der Waals surface area (Å²) >= 11 is 1.16. The minimum absolute atomic E-state index is 0.141. The molecule has 4 rings (SSSR count). The normalized spacial score (nSPS) is 14.3. The molecule has 0 amide bonds. The van der Waals surface area contributed by atoms with E-state index in [1.165, 1.54) is 0 Å². The van der Waals surface area contributed by atoms with Crippen LogP contribution in [-0.4, -0.2) is 20.3 Å². The number of nitriles is 1. The zero-order chi connectivity index (χ0) is 22.0. The van der Waals surface area contributed by atoms with Crippen LogP contribution in [0.25, 0.3) is 11.0 Å². The quantitative estimate of drug-likeness (QED) is 0.338. The SMILES string of the molecule is N#Cc1c(SCCCn2c(=O)[nH]c3ccccc32)nc2c(c1C(F)(F)F)CCCCC2. The van der Waals surface area contributed by atoms with Crippen molar-refractivity contribution in [3.05, 3.63) is 57.1 Å². The second kappa shape index (κ2) is 8.79. The fraction of sp³-hybridized carbons (Fsp3) is 0.409. The molecule has 5 nitrogen and oxygen atoms in total. The summed E-state index contributed by atoms with van der Waals surface area (Å²) in [6.07, 6.45) is -0.891. The van der Waals surface area contributed by atoms with E-state index in [2.05, 4.69) is 9.97 Å². The molecule has 9 heteroatoms. The van der Waals surface area contributed by atoms with E-state index in [0.29, 0.717) is 43.7 Å². The van der Waals surface area contributed by atoms with Crippen LogP contribution in [0.1, 0.15) is 48.1 Å². The molecule has 162 valence electrons. The number of aryl methyl sites for hydroxylation is 2. The summed E-state index contributed by atoms with van der Waals surface area (Å²) in [6.45, 7) is 0.425. The molecule has 0 fully saturated rings. The van der Waals surface area contributed by atoms with Crippen LogP contribution in [0.4, 0.5) is 13.2 Å². The van der Waals surface area contributed by atoms with Gasteiger partial charge in [-0.3, -0.25) is 4.57 Å². The lowest BCUT2D eigenvalue weighted by Crippen LogP contribution is -2.17. The maximum absolute atomic E-state index is 13.9. The monoisotopic (exact) mass is 446 g/mol. The molecule has 0 spiro atoms. The zero-order valence-electron chi connectivity index (χ0n) is 16.8. The predicted molar refractivity (Wildman–Crippen MR) is 113 cm³/mol. The highest BCUT2D eigenvalue weighted by Gasteiger charge is 2.39. The van der Waals surface area contributed by atoms with Crippen LogP contribution in [0, 0.1) is 11.3 Å². The van der Waals surface area contributed by atoms with E-state index in [-0.39, 0.29) is 21.8 Å². The highest BCUT2D eigenvalue weighted by molar-refractivity contribution is 7.99. The van der Waals surface area contributed by atoms with E-state index in [4.69, 9.17) is 0 Å². The van der Waals surface area contributed by atoms with Gasteiger partial charge in [-0.15, -0.1) is 11.8 Å². The smallest absolute Gasteiger partial charge is 0.306 e. The molecule has 31 heavy (non-hydrogen) atoms. The third kappa shape index (κ3) is 4.35. The maximum Gasteiger partial charge on any atom is 0.418 e. The van der Waals surface area contributed by atoms with Crippen LogP contribution < -0.4 is 5.69 Å². The topological polar surface area (TPSA) is 74.5 Å². The van der Waals surface area contributed by atoms with Gasteiger partial charge in [0.25, 0.3) is 0 Å². The largest absolute Gasteiger partial charge is 0.418 e. The number of thioether (sulfide) groups is 1. The lowest BCUT2D eigenvalue weighted by molar-refractivity contribution is -0.138. The Labute approximate surface area is 181 Å². The number of para-hydroxylation sites is 2. The first kappa shape index (κ1) is 21.5. The zero-order valence-corrected chi connectivity index (χ0v) is 17.6. The molecule has 0 saturated carbocycles. The number of aromatic nitrogens is 3. The molecule has 0 radical (unpaired) electrons. The predicted octanol–water partition coefficient (Wildman–Crippen LogP) is 5.07. The Hall–Kier alpha value is -2.73. The summed E-state index contributed by atoms with van der Waals surface area (Å²) in [7, 11) is 0. The average molecular weight is 446 g/mol. The third-order valence-electron chi connectivity index (χ3n) is 5.53. The number of fused-ring (bicyclic) bond motifs is 2. The lowest BCUT2D eigenvalue weighted by atomic mass is 9.97. The van der Waals surface area contributed by atoms with Crippen molar-refractivity contribution in [1.82, 2.24) is 14.5 Å². The molecular weight excluding hydrogens is 425 g/mol. The lowest BCUT2D eigenvalue weighted by Gasteiger charge is -2.18. The molecular formula is C22H21F3N4OS. The van der Waals surface area contributed by atoms with Crippen molar-refractivity contribution in [2.75, 3.05) is 5.75 Å². The van der Waals surface area contributed by atoms with Crippen LogP contribution in [0.15, 0.2) is 34.1 Å². The van der Waals surface area contributed by atoms with Crippen molar-refractivity contribution in [1.29, 1.82) is 5.26 Å². The number of halogens is 3. The van der Waals surface area contributed by atoms with E-state index in [0.717, 1.165) is 35.6 Å². The second-order valence-electron chi connectivity index (χ2n) is 7.56. The molecule has 0 unspecified atom stereocenters. The molecule has 1 aliphatic rings. The fourth-order valence-corrected chi connectivity index (χ4v) is 5.07. The number of alkyl halides is 3. The summed E-state index contributed by atoms with van der Waals surface area (Å²) in [5.41, 5.74) is 0.799. The van der Waals surface area contributed by atoms with Crippen LogP contribution in [0.3, 0.4) is 0 Å². The van der Waals surface area contributed by atoms with E-state index >= 15 is 0 Å². The number of nitrogens with zero attached hydrogens (tertiary/aromatic N) is 3. The molecule has 0 saturated heterocycles. The van der Waals surface area contributed by atoms with E-state index in [9.17, 15) is 23.2 Å². The summed E-state index contributed by atoms with van der Waals surface area (Å²) < 4.78 is 43.2. The van der Waals surface area contributed by atoms with Gasteiger partial charge in [0.05, 0.1) is 22.2 Å². The van der Waals surface area contributed by atoms with E-state index in [1.807, 2.05) is 24.3 Å². The first-order valence-corrected chi connectivity index (χ1v) is 11.2. The minimum Gasteiger partial charge on any atom is -0.306 e. The first-order valence-electron chi connectivity index (χ1n) is 10.2. The van der Waals surface area contributed by atoms with Crippen molar-refractivity contribution >= 4 is 22.8 Å². The van der Waals surface area contributed by atoms with E-state index in [1.54, 1.807) is 10.6 Å². The Kier molecular flexibility index (Phi) is 6.10. The van der Waals surface area contributed by atoms with Crippen molar-refractivity contribution in [2.45, 2.75) is 56.3 Å². The molecule has 0 atom stereocenters. The number of nitrogens with one attached hydrogen (secondary N) is 1. The van der Waals surface area contributed by atoms with Crippen molar-refractivity contribution in [3.63, 3.8) is 0 Å². The van der Waals surface area contributed by atoms with Gasteiger partial charge >= 0.3 is 11.9 Å². The molecule has 2 heterocycles. The number of hydrogen-bond acceptors (Lipinski definition) is 4. The van der Waals surface area contributed by atoms with Crippen LogP contribution in [0.5, 0.6) is 0 Å². The first-order chi connectivity index (χ1) is 14.9.